The molecule has 0 unspecified atom stereocenters. The Kier molecular flexibility index (Phi) is 5.43. The summed E-state index contributed by atoms with van der Waals surface area (Å²) >= 11 is 0. The minimum absolute atomic E-state index is 0.0190. The van der Waals surface area contributed by atoms with E-state index in [4.69, 9.17) is 9.72 Å². The third-order valence-corrected chi connectivity index (χ3v) is 7.96. The Bertz CT molecular complexity index is 1420. The second-order valence-corrected chi connectivity index (χ2v) is 10.2. The Morgan fingerprint density at radius 3 is 2.73 bits per heavy atom. The maximum absolute atomic E-state index is 13.9. The Morgan fingerprint density at radius 1 is 1.14 bits per heavy atom. The molecule has 6 heterocycles. The third kappa shape index (κ3) is 3.87. The lowest BCUT2D eigenvalue weighted by Gasteiger charge is -2.27. The van der Waals surface area contributed by atoms with Gasteiger partial charge in [0.15, 0.2) is 11.3 Å². The van der Waals surface area contributed by atoms with Gasteiger partial charge in [-0.15, -0.1) is 5.10 Å². The largest absolute Gasteiger partial charge is 0.396 e. The Labute approximate surface area is 210 Å². The summed E-state index contributed by atoms with van der Waals surface area (Å²) in [6.45, 7) is 1.69. The molecule has 194 valence electrons. The quantitative estimate of drug-likeness (QED) is 0.421. The fourth-order valence-electron chi connectivity index (χ4n) is 5.89. The molecule has 37 heavy (non-hydrogen) atoms. The lowest BCUT2D eigenvalue weighted by molar-refractivity contribution is 0.0989. The number of nitrogens with zero attached hydrogens (tertiary/aromatic N) is 9. The van der Waals surface area contributed by atoms with E-state index >= 15 is 0 Å². The standard InChI is InChI=1S/C24H27F2N9O2/c25-23(26)22-20(11-34(30-22)15-3-1-14(12-36)2-4-15)35-10-19(29-31-35)18-8-27-33-6-5-21(28-24(18)33)32-9-17-7-16(32)13-37-17/h5-6,8,10-11,14-17,23,36H,1-4,7,9,12-13H2/t14?,15?,16-,17-/m1/s1. The van der Waals surface area contributed by atoms with Gasteiger partial charge < -0.3 is 14.7 Å². The fraction of sp³-hybridized carbons (Fsp3) is 0.542. The van der Waals surface area contributed by atoms with E-state index in [1.165, 1.54) is 4.68 Å². The topological polar surface area (TPSA) is 111 Å². The normalized spacial score (nSPS) is 25.7. The van der Waals surface area contributed by atoms with E-state index < -0.39 is 6.43 Å². The molecule has 3 aliphatic rings. The van der Waals surface area contributed by atoms with E-state index in [1.54, 1.807) is 27.8 Å². The number of aliphatic hydroxyl groups excluding tert-OH is 1. The van der Waals surface area contributed by atoms with E-state index in [0.29, 0.717) is 29.6 Å². The van der Waals surface area contributed by atoms with Crippen LogP contribution >= 0.6 is 0 Å². The van der Waals surface area contributed by atoms with Crippen molar-refractivity contribution >= 4 is 11.5 Å². The molecule has 0 radical (unpaired) electrons. The molecule has 4 aromatic rings. The van der Waals surface area contributed by atoms with Crippen LogP contribution in [0.1, 0.15) is 50.3 Å². The molecule has 13 heteroatoms. The molecule has 1 aliphatic carbocycles. The van der Waals surface area contributed by atoms with Gasteiger partial charge in [0.1, 0.15) is 17.2 Å². The monoisotopic (exact) mass is 511 g/mol. The zero-order valence-corrected chi connectivity index (χ0v) is 20.1. The number of hydrogen-bond acceptors (Lipinski definition) is 8. The third-order valence-electron chi connectivity index (χ3n) is 7.96. The summed E-state index contributed by atoms with van der Waals surface area (Å²) < 4.78 is 38.3. The van der Waals surface area contributed by atoms with Crippen molar-refractivity contribution in [3.63, 3.8) is 0 Å². The summed E-state index contributed by atoms with van der Waals surface area (Å²) in [5.41, 5.74) is 1.66. The highest BCUT2D eigenvalue weighted by atomic mass is 19.3. The van der Waals surface area contributed by atoms with E-state index in [0.717, 1.165) is 44.5 Å². The summed E-state index contributed by atoms with van der Waals surface area (Å²) in [4.78, 5) is 7.12. The molecule has 0 amide bonds. The summed E-state index contributed by atoms with van der Waals surface area (Å²) in [5.74, 6) is 1.13. The fourth-order valence-corrected chi connectivity index (χ4v) is 5.89. The summed E-state index contributed by atoms with van der Waals surface area (Å²) in [6, 6.07) is 2.29. The molecule has 3 fully saturated rings. The summed E-state index contributed by atoms with van der Waals surface area (Å²) in [6.07, 6.45) is 8.56. The van der Waals surface area contributed by atoms with Crippen molar-refractivity contribution in [1.29, 1.82) is 0 Å². The van der Waals surface area contributed by atoms with Gasteiger partial charge in [0.05, 0.1) is 48.9 Å². The number of halogens is 2. The predicted molar refractivity (Wildman–Crippen MR) is 128 cm³/mol. The molecule has 2 aliphatic heterocycles. The van der Waals surface area contributed by atoms with Gasteiger partial charge in [-0.05, 0) is 44.1 Å². The molecule has 0 aromatic carbocycles. The van der Waals surface area contributed by atoms with Gasteiger partial charge in [-0.1, -0.05) is 5.21 Å². The Balaban J connectivity index is 1.20. The molecule has 4 aromatic heterocycles. The van der Waals surface area contributed by atoms with Gasteiger partial charge in [0.25, 0.3) is 6.43 Å². The van der Waals surface area contributed by atoms with Crippen molar-refractivity contribution in [1.82, 2.24) is 39.4 Å². The molecule has 7 rings (SSSR count). The van der Waals surface area contributed by atoms with Crippen LogP contribution < -0.4 is 4.90 Å². The van der Waals surface area contributed by atoms with Crippen LogP contribution in [0.3, 0.4) is 0 Å². The van der Waals surface area contributed by atoms with E-state index in [1.807, 2.05) is 12.3 Å². The SMILES string of the molecule is OCC1CCC(n2cc(-n3cc(-c4cnn5ccc(N6C[C@H]7C[C@@H]6CO7)nc45)nn3)c(C(F)F)n2)CC1. The second-order valence-electron chi connectivity index (χ2n) is 10.2. The number of rotatable bonds is 6. The summed E-state index contributed by atoms with van der Waals surface area (Å²) in [7, 11) is 0. The highest BCUT2D eigenvalue weighted by molar-refractivity contribution is 5.75. The first-order chi connectivity index (χ1) is 18.1. The zero-order chi connectivity index (χ0) is 25.1. The van der Waals surface area contributed by atoms with Gasteiger partial charge >= 0.3 is 0 Å². The molecule has 0 spiro atoms. The maximum atomic E-state index is 13.9. The first-order valence-electron chi connectivity index (χ1n) is 12.7. The Morgan fingerprint density at radius 2 is 2.00 bits per heavy atom. The van der Waals surface area contributed by atoms with Crippen molar-refractivity contribution in [2.45, 2.75) is 56.7 Å². The molecular weight excluding hydrogens is 484 g/mol. The average Bonchev–Trinajstić information content (AvgIpc) is 3.75. The number of anilines is 1. The molecule has 1 N–H and O–H groups in total. The predicted octanol–water partition coefficient (Wildman–Crippen LogP) is 2.81. The lowest BCUT2D eigenvalue weighted by atomic mass is 9.87. The van der Waals surface area contributed by atoms with Crippen LogP contribution in [0.2, 0.25) is 0 Å². The highest BCUT2D eigenvalue weighted by Crippen LogP contribution is 2.35. The van der Waals surface area contributed by atoms with Crippen molar-refractivity contribution in [2.75, 3.05) is 24.7 Å². The Hall–Kier alpha value is -3.45. The molecule has 1 saturated carbocycles. The van der Waals surface area contributed by atoms with Crippen LogP contribution in [0.4, 0.5) is 14.6 Å². The van der Waals surface area contributed by atoms with Gasteiger partial charge in [-0.3, -0.25) is 4.68 Å². The van der Waals surface area contributed by atoms with Crippen molar-refractivity contribution in [2.24, 2.45) is 5.92 Å². The van der Waals surface area contributed by atoms with Crippen molar-refractivity contribution < 1.29 is 18.6 Å². The molecule has 2 bridgehead atoms. The highest BCUT2D eigenvalue weighted by Gasteiger charge is 2.39. The van der Waals surface area contributed by atoms with Gasteiger partial charge in [-0.2, -0.15) is 10.2 Å². The number of fused-ring (bicyclic) bond motifs is 3. The number of alkyl halides is 2. The second kappa shape index (κ2) is 8.84. The molecular formula is C24H27F2N9O2. The van der Waals surface area contributed by atoms with Crippen LogP contribution in [-0.2, 0) is 4.74 Å². The smallest absolute Gasteiger partial charge is 0.284 e. The van der Waals surface area contributed by atoms with Crippen LogP contribution in [-0.4, -0.2) is 76.4 Å². The first kappa shape index (κ1) is 22.7. The first-order valence-corrected chi connectivity index (χ1v) is 12.7. The molecule has 2 atom stereocenters. The minimum Gasteiger partial charge on any atom is -0.396 e. The molecule has 11 nitrogen and oxygen atoms in total. The van der Waals surface area contributed by atoms with Crippen molar-refractivity contribution in [3.8, 4) is 16.9 Å². The number of morpholine rings is 1. The number of hydrogen-bond donors (Lipinski definition) is 1. The van der Waals surface area contributed by atoms with Crippen LogP contribution in [0.5, 0.6) is 0 Å². The van der Waals surface area contributed by atoms with Gasteiger partial charge in [-0.25, -0.2) is 23.0 Å². The number of aromatic nitrogens is 8. The van der Waals surface area contributed by atoms with E-state index in [2.05, 4.69) is 25.4 Å². The number of ether oxygens (including phenoxy) is 1. The van der Waals surface area contributed by atoms with Gasteiger partial charge in [0, 0.05) is 19.3 Å². The lowest BCUT2D eigenvalue weighted by Crippen LogP contribution is -2.37. The average molecular weight is 512 g/mol. The van der Waals surface area contributed by atoms with Crippen LogP contribution in [0, 0.1) is 5.92 Å². The van der Waals surface area contributed by atoms with Crippen LogP contribution in [0.25, 0.3) is 22.6 Å². The maximum Gasteiger partial charge on any atom is 0.284 e. The minimum atomic E-state index is -2.75. The zero-order valence-electron chi connectivity index (χ0n) is 20.1. The van der Waals surface area contributed by atoms with Crippen LogP contribution in [0.15, 0.2) is 30.9 Å². The number of aliphatic hydroxyl groups is 1. The molecule has 2 saturated heterocycles. The van der Waals surface area contributed by atoms with E-state index in [-0.39, 0.29) is 36.1 Å². The summed E-state index contributed by atoms with van der Waals surface area (Å²) in [5, 5.41) is 26.5. The van der Waals surface area contributed by atoms with Gasteiger partial charge in [0.2, 0.25) is 0 Å². The van der Waals surface area contributed by atoms with Crippen molar-refractivity contribution in [3.05, 3.63) is 36.5 Å². The van der Waals surface area contributed by atoms with E-state index in [9.17, 15) is 13.9 Å².